The zero-order valence-corrected chi connectivity index (χ0v) is 14.3. The number of halogens is 1. The Morgan fingerprint density at radius 3 is 2.74 bits per heavy atom. The molecule has 0 radical (unpaired) electrons. The molecule has 132 valence electrons. The minimum absolute atomic E-state index is 0.0855. The lowest BCUT2D eigenvalue weighted by molar-refractivity contribution is 0.419. The van der Waals surface area contributed by atoms with Crippen molar-refractivity contribution in [1.29, 1.82) is 5.26 Å². The van der Waals surface area contributed by atoms with Crippen LogP contribution in [0.15, 0.2) is 54.7 Å². The minimum Gasteiger partial charge on any atom is -0.507 e. The van der Waals surface area contributed by atoms with E-state index >= 15 is 0 Å². The van der Waals surface area contributed by atoms with Gasteiger partial charge in [-0.15, -0.1) is 0 Å². The number of nitriles is 1. The molecule has 0 bridgehead atoms. The van der Waals surface area contributed by atoms with Crippen LogP contribution in [0.25, 0.3) is 33.4 Å². The second kappa shape index (κ2) is 6.46. The van der Waals surface area contributed by atoms with Crippen LogP contribution < -0.4 is 4.74 Å². The van der Waals surface area contributed by atoms with E-state index in [9.17, 15) is 14.8 Å². The fourth-order valence-corrected chi connectivity index (χ4v) is 3.23. The van der Waals surface area contributed by atoms with Crippen LogP contribution in [0.5, 0.6) is 11.5 Å². The molecule has 0 aliphatic carbocycles. The topological polar surface area (TPSA) is 81.9 Å². The molecule has 0 unspecified atom stereocenters. The van der Waals surface area contributed by atoms with Crippen LogP contribution in [0.2, 0.25) is 0 Å². The Bertz CT molecular complexity index is 1210. The molecule has 2 aromatic heterocycles. The Morgan fingerprint density at radius 2 is 1.96 bits per heavy atom. The number of hydrogen-bond donors (Lipinski definition) is 2. The molecule has 0 aliphatic rings. The molecule has 4 rings (SSSR count). The summed E-state index contributed by atoms with van der Waals surface area (Å²) in [5.74, 6) is -0.0142. The van der Waals surface area contributed by atoms with E-state index in [4.69, 9.17) is 4.74 Å². The molecule has 2 aromatic carbocycles. The van der Waals surface area contributed by atoms with Crippen molar-refractivity contribution in [2.75, 3.05) is 7.11 Å². The van der Waals surface area contributed by atoms with Gasteiger partial charge in [0.1, 0.15) is 23.0 Å². The van der Waals surface area contributed by atoms with Crippen LogP contribution in [-0.2, 0) is 0 Å². The van der Waals surface area contributed by atoms with Gasteiger partial charge in [-0.1, -0.05) is 18.2 Å². The standard InChI is InChI=1S/C21H14FN3O2/c1-27-17-8-9-24-21-19(17)18(14-5-3-2-4-12(14)11-23)20(25-21)15-10-13(22)6-7-16(15)26/h2-10,26H,1H3,(H,24,25). The average Bonchev–Trinajstić information content (AvgIpc) is 3.09. The fourth-order valence-electron chi connectivity index (χ4n) is 3.23. The molecule has 0 spiro atoms. The molecular weight excluding hydrogens is 345 g/mol. The molecule has 2 heterocycles. The predicted octanol–water partition coefficient (Wildman–Crippen LogP) is 4.62. The zero-order chi connectivity index (χ0) is 19.0. The van der Waals surface area contributed by atoms with Crippen LogP contribution in [0.3, 0.4) is 0 Å². The molecule has 6 heteroatoms. The average molecular weight is 359 g/mol. The highest BCUT2D eigenvalue weighted by molar-refractivity contribution is 6.07. The smallest absolute Gasteiger partial charge is 0.142 e. The maximum Gasteiger partial charge on any atom is 0.142 e. The van der Waals surface area contributed by atoms with Crippen molar-refractivity contribution in [3.63, 3.8) is 0 Å². The van der Waals surface area contributed by atoms with E-state index in [1.54, 1.807) is 37.6 Å². The summed E-state index contributed by atoms with van der Waals surface area (Å²) in [6, 6.07) is 14.7. The zero-order valence-electron chi connectivity index (χ0n) is 14.3. The van der Waals surface area contributed by atoms with E-state index in [1.165, 1.54) is 18.2 Å². The summed E-state index contributed by atoms with van der Waals surface area (Å²) in [5, 5.41) is 20.5. The number of phenolic OH excluding ortho intramolecular Hbond substituents is 1. The van der Waals surface area contributed by atoms with Crippen molar-refractivity contribution in [3.05, 3.63) is 66.1 Å². The van der Waals surface area contributed by atoms with E-state index in [1.807, 2.05) is 6.07 Å². The van der Waals surface area contributed by atoms with Crippen molar-refractivity contribution < 1.29 is 14.2 Å². The number of fused-ring (bicyclic) bond motifs is 1. The largest absolute Gasteiger partial charge is 0.507 e. The maximum absolute atomic E-state index is 13.9. The third-order valence-corrected chi connectivity index (χ3v) is 4.42. The summed E-state index contributed by atoms with van der Waals surface area (Å²) >= 11 is 0. The summed E-state index contributed by atoms with van der Waals surface area (Å²) in [5.41, 5.74) is 2.95. The van der Waals surface area contributed by atoms with E-state index in [-0.39, 0.29) is 11.3 Å². The summed E-state index contributed by atoms with van der Waals surface area (Å²) in [4.78, 5) is 7.48. The van der Waals surface area contributed by atoms with Crippen molar-refractivity contribution in [2.45, 2.75) is 0 Å². The van der Waals surface area contributed by atoms with Crippen molar-refractivity contribution in [3.8, 4) is 40.0 Å². The lowest BCUT2D eigenvalue weighted by atomic mass is 9.94. The van der Waals surface area contributed by atoms with Gasteiger partial charge in [-0.05, 0) is 30.3 Å². The Morgan fingerprint density at radius 1 is 1.15 bits per heavy atom. The van der Waals surface area contributed by atoms with Gasteiger partial charge in [0.25, 0.3) is 0 Å². The van der Waals surface area contributed by atoms with Crippen LogP contribution in [0.1, 0.15) is 5.56 Å². The first kappa shape index (κ1) is 16.6. The van der Waals surface area contributed by atoms with Gasteiger partial charge in [-0.3, -0.25) is 0 Å². The third-order valence-electron chi connectivity index (χ3n) is 4.42. The lowest BCUT2D eigenvalue weighted by Crippen LogP contribution is -1.90. The minimum atomic E-state index is -0.485. The Balaban J connectivity index is 2.18. The van der Waals surface area contributed by atoms with Crippen molar-refractivity contribution in [1.82, 2.24) is 9.97 Å². The summed E-state index contributed by atoms with van der Waals surface area (Å²) in [6.07, 6.45) is 1.59. The molecule has 0 saturated carbocycles. The predicted molar refractivity (Wildman–Crippen MR) is 99.9 cm³/mol. The summed E-state index contributed by atoms with van der Waals surface area (Å²) < 4.78 is 19.4. The molecule has 0 saturated heterocycles. The second-order valence-electron chi connectivity index (χ2n) is 5.93. The number of benzene rings is 2. The molecule has 0 fully saturated rings. The second-order valence-corrected chi connectivity index (χ2v) is 5.93. The number of hydrogen-bond acceptors (Lipinski definition) is 4. The van der Waals surface area contributed by atoms with Gasteiger partial charge in [0.2, 0.25) is 0 Å². The number of methoxy groups -OCH3 is 1. The number of ether oxygens (including phenoxy) is 1. The van der Waals surface area contributed by atoms with Crippen LogP contribution in [-0.4, -0.2) is 22.2 Å². The molecule has 0 atom stereocenters. The molecule has 2 N–H and O–H groups in total. The number of H-pyrrole nitrogens is 1. The maximum atomic E-state index is 13.9. The molecule has 0 amide bonds. The first-order valence-electron chi connectivity index (χ1n) is 8.17. The summed E-state index contributed by atoms with van der Waals surface area (Å²) in [7, 11) is 1.54. The van der Waals surface area contributed by atoms with Gasteiger partial charge in [-0.25, -0.2) is 9.37 Å². The van der Waals surface area contributed by atoms with Crippen molar-refractivity contribution in [2.24, 2.45) is 0 Å². The third kappa shape index (κ3) is 2.66. The highest BCUT2D eigenvalue weighted by Gasteiger charge is 2.23. The molecule has 4 aromatic rings. The van der Waals surface area contributed by atoms with Gasteiger partial charge in [-0.2, -0.15) is 5.26 Å². The number of rotatable bonds is 3. The Hall–Kier alpha value is -3.85. The van der Waals surface area contributed by atoms with Crippen LogP contribution >= 0.6 is 0 Å². The first-order chi connectivity index (χ1) is 13.1. The highest BCUT2D eigenvalue weighted by atomic mass is 19.1. The first-order valence-corrected chi connectivity index (χ1v) is 8.17. The van der Waals surface area contributed by atoms with Crippen LogP contribution in [0.4, 0.5) is 4.39 Å². The molecule has 27 heavy (non-hydrogen) atoms. The summed E-state index contributed by atoms with van der Waals surface area (Å²) in [6.45, 7) is 0. The lowest BCUT2D eigenvalue weighted by Gasteiger charge is -2.10. The molecule has 5 nitrogen and oxygen atoms in total. The van der Waals surface area contributed by atoms with E-state index < -0.39 is 5.82 Å². The van der Waals surface area contributed by atoms with Gasteiger partial charge in [0.15, 0.2) is 0 Å². The SMILES string of the molecule is COc1ccnc2[nH]c(-c3cc(F)ccc3O)c(-c3ccccc3C#N)c12. The van der Waals surface area contributed by atoms with Crippen molar-refractivity contribution >= 4 is 11.0 Å². The number of aromatic amines is 1. The number of phenols is 1. The number of pyridine rings is 1. The fraction of sp³-hybridized carbons (Fsp3) is 0.0476. The number of aromatic hydroxyl groups is 1. The molecule has 0 aliphatic heterocycles. The number of nitrogens with one attached hydrogen (secondary N) is 1. The highest BCUT2D eigenvalue weighted by Crippen LogP contribution is 2.44. The van der Waals surface area contributed by atoms with E-state index in [2.05, 4.69) is 16.0 Å². The van der Waals surface area contributed by atoms with Gasteiger partial charge >= 0.3 is 0 Å². The van der Waals surface area contributed by atoms with E-state index in [0.29, 0.717) is 39.2 Å². The Kier molecular flexibility index (Phi) is 3.98. The van der Waals surface area contributed by atoms with Gasteiger partial charge < -0.3 is 14.8 Å². The Labute approximate surface area is 154 Å². The van der Waals surface area contributed by atoms with Gasteiger partial charge in [0, 0.05) is 22.9 Å². The van der Waals surface area contributed by atoms with E-state index in [0.717, 1.165) is 0 Å². The van der Waals surface area contributed by atoms with Gasteiger partial charge in [0.05, 0.1) is 29.8 Å². The molecular formula is C21H14FN3O2. The number of aromatic nitrogens is 2. The monoisotopic (exact) mass is 359 g/mol. The number of nitrogens with zero attached hydrogens (tertiary/aromatic N) is 2. The normalized spacial score (nSPS) is 10.7. The van der Waals surface area contributed by atoms with Crippen LogP contribution in [0, 0.1) is 17.1 Å². The quantitative estimate of drug-likeness (QED) is 0.559.